The summed E-state index contributed by atoms with van der Waals surface area (Å²) in [5, 5.41) is 4.43. The molecule has 0 aliphatic rings. The Balaban J connectivity index is 2.26. The van der Waals surface area contributed by atoms with Crippen LogP contribution in [0.3, 0.4) is 0 Å². The van der Waals surface area contributed by atoms with Crippen LogP contribution in [0.15, 0.2) is 24.3 Å². The summed E-state index contributed by atoms with van der Waals surface area (Å²) in [6, 6.07) is 7.09. The number of aryl methyl sites for hydroxylation is 3. The average molecular weight is 276 g/mol. The van der Waals surface area contributed by atoms with Crippen LogP contribution in [-0.2, 0) is 13.0 Å². The molecule has 1 atom stereocenters. The summed E-state index contributed by atoms with van der Waals surface area (Å²) in [6.45, 7) is 6.61. The molecule has 1 aromatic carbocycles. The summed E-state index contributed by atoms with van der Waals surface area (Å²) in [4.78, 5) is 0. The summed E-state index contributed by atoms with van der Waals surface area (Å²) in [7, 11) is 0. The third-order valence-corrected chi connectivity index (χ3v) is 3.48. The van der Waals surface area contributed by atoms with Crippen molar-refractivity contribution >= 4 is 0 Å². The maximum absolute atomic E-state index is 13.3. The molecule has 0 amide bonds. The monoisotopic (exact) mass is 276 g/mol. The van der Waals surface area contributed by atoms with Gasteiger partial charge in [0, 0.05) is 18.7 Å². The number of hydrogen-bond acceptors (Lipinski definition) is 3. The van der Waals surface area contributed by atoms with E-state index in [0.717, 1.165) is 29.9 Å². The van der Waals surface area contributed by atoms with Crippen molar-refractivity contribution in [3.05, 3.63) is 52.6 Å². The van der Waals surface area contributed by atoms with Crippen molar-refractivity contribution in [1.82, 2.24) is 15.2 Å². The predicted octanol–water partition coefficient (Wildman–Crippen LogP) is 2.41. The number of aromatic nitrogens is 2. The third-order valence-electron chi connectivity index (χ3n) is 3.48. The molecule has 5 heteroatoms. The second kappa shape index (κ2) is 6.15. The van der Waals surface area contributed by atoms with Gasteiger partial charge in [-0.1, -0.05) is 12.1 Å². The molecule has 0 aliphatic heterocycles. The second-order valence-electron chi connectivity index (χ2n) is 5.02. The number of nitrogens with zero attached hydrogens (tertiary/aromatic N) is 2. The SMILES string of the molecule is CCn1nc(C)cc1CC(NN)c1ccc(F)c(C)c1. The Hall–Kier alpha value is -1.72. The van der Waals surface area contributed by atoms with Crippen LogP contribution in [0.25, 0.3) is 0 Å². The molecule has 0 spiro atoms. The molecule has 20 heavy (non-hydrogen) atoms. The van der Waals surface area contributed by atoms with Crippen molar-refractivity contribution in [2.75, 3.05) is 0 Å². The van der Waals surface area contributed by atoms with Gasteiger partial charge in [-0.3, -0.25) is 16.0 Å². The summed E-state index contributed by atoms with van der Waals surface area (Å²) < 4.78 is 15.3. The number of halogens is 1. The van der Waals surface area contributed by atoms with Gasteiger partial charge in [0.1, 0.15) is 5.82 Å². The number of nitrogens with two attached hydrogens (primary N) is 1. The molecule has 2 aromatic rings. The molecule has 0 radical (unpaired) electrons. The highest BCUT2D eigenvalue weighted by Crippen LogP contribution is 2.20. The van der Waals surface area contributed by atoms with Gasteiger partial charge in [-0.2, -0.15) is 5.10 Å². The Morgan fingerprint density at radius 1 is 1.35 bits per heavy atom. The number of hydrogen-bond donors (Lipinski definition) is 2. The first kappa shape index (κ1) is 14.7. The fourth-order valence-corrected chi connectivity index (χ4v) is 2.40. The third kappa shape index (κ3) is 3.05. The lowest BCUT2D eigenvalue weighted by molar-refractivity contribution is 0.515. The van der Waals surface area contributed by atoms with Gasteiger partial charge in [0.15, 0.2) is 0 Å². The van der Waals surface area contributed by atoms with Crippen LogP contribution < -0.4 is 11.3 Å². The lowest BCUT2D eigenvalue weighted by Gasteiger charge is -2.17. The Morgan fingerprint density at radius 3 is 2.70 bits per heavy atom. The van der Waals surface area contributed by atoms with E-state index in [-0.39, 0.29) is 11.9 Å². The molecule has 0 aliphatic carbocycles. The van der Waals surface area contributed by atoms with Crippen molar-refractivity contribution in [2.45, 2.75) is 39.8 Å². The zero-order valence-corrected chi connectivity index (χ0v) is 12.2. The zero-order chi connectivity index (χ0) is 14.7. The van der Waals surface area contributed by atoms with Gasteiger partial charge in [-0.05, 0) is 44.0 Å². The van der Waals surface area contributed by atoms with E-state index >= 15 is 0 Å². The van der Waals surface area contributed by atoms with E-state index in [1.54, 1.807) is 13.0 Å². The van der Waals surface area contributed by atoms with E-state index in [4.69, 9.17) is 5.84 Å². The average Bonchev–Trinajstić information content (AvgIpc) is 2.79. The van der Waals surface area contributed by atoms with Crippen LogP contribution in [0.2, 0.25) is 0 Å². The van der Waals surface area contributed by atoms with E-state index in [9.17, 15) is 4.39 Å². The van der Waals surface area contributed by atoms with Gasteiger partial charge in [0.25, 0.3) is 0 Å². The van der Waals surface area contributed by atoms with E-state index < -0.39 is 0 Å². The van der Waals surface area contributed by atoms with E-state index in [0.29, 0.717) is 5.56 Å². The van der Waals surface area contributed by atoms with Crippen LogP contribution in [0, 0.1) is 19.7 Å². The number of rotatable bonds is 5. The Bertz CT molecular complexity index is 592. The Kier molecular flexibility index (Phi) is 4.52. The molecule has 0 bridgehead atoms. The number of nitrogens with one attached hydrogen (secondary N) is 1. The molecule has 108 valence electrons. The smallest absolute Gasteiger partial charge is 0.126 e. The van der Waals surface area contributed by atoms with Crippen molar-refractivity contribution < 1.29 is 4.39 Å². The molecule has 0 fully saturated rings. The predicted molar refractivity (Wildman–Crippen MR) is 77.5 cm³/mol. The lowest BCUT2D eigenvalue weighted by atomic mass is 10.0. The van der Waals surface area contributed by atoms with Gasteiger partial charge in [0.2, 0.25) is 0 Å². The fourth-order valence-electron chi connectivity index (χ4n) is 2.40. The molecule has 0 saturated heterocycles. The van der Waals surface area contributed by atoms with Crippen LogP contribution in [0.5, 0.6) is 0 Å². The maximum atomic E-state index is 13.3. The minimum absolute atomic E-state index is 0.0595. The molecule has 1 heterocycles. The quantitative estimate of drug-likeness (QED) is 0.651. The minimum Gasteiger partial charge on any atom is -0.271 e. The minimum atomic E-state index is -0.195. The lowest BCUT2D eigenvalue weighted by Crippen LogP contribution is -2.30. The number of hydrazine groups is 1. The molecule has 1 aromatic heterocycles. The molecule has 4 nitrogen and oxygen atoms in total. The highest BCUT2D eigenvalue weighted by Gasteiger charge is 2.15. The van der Waals surface area contributed by atoms with Crippen LogP contribution in [0.1, 0.15) is 35.5 Å². The maximum Gasteiger partial charge on any atom is 0.126 e. The normalized spacial score (nSPS) is 12.7. The van der Waals surface area contributed by atoms with E-state index in [1.807, 2.05) is 17.7 Å². The molecule has 0 saturated carbocycles. The highest BCUT2D eigenvalue weighted by molar-refractivity contribution is 5.27. The first-order valence-corrected chi connectivity index (χ1v) is 6.80. The zero-order valence-electron chi connectivity index (χ0n) is 12.2. The van der Waals surface area contributed by atoms with Gasteiger partial charge < -0.3 is 0 Å². The summed E-state index contributed by atoms with van der Waals surface area (Å²) in [6.07, 6.45) is 0.719. The Labute approximate surface area is 118 Å². The molecule has 3 N–H and O–H groups in total. The Morgan fingerprint density at radius 2 is 2.10 bits per heavy atom. The van der Waals surface area contributed by atoms with Crippen molar-refractivity contribution in [3.63, 3.8) is 0 Å². The topological polar surface area (TPSA) is 55.9 Å². The van der Waals surface area contributed by atoms with Crippen molar-refractivity contribution in [2.24, 2.45) is 5.84 Å². The van der Waals surface area contributed by atoms with Crippen LogP contribution >= 0.6 is 0 Å². The molecular weight excluding hydrogens is 255 g/mol. The molecule has 2 rings (SSSR count). The summed E-state index contributed by atoms with van der Waals surface area (Å²) in [5.74, 6) is 5.47. The van der Waals surface area contributed by atoms with Gasteiger partial charge >= 0.3 is 0 Å². The van der Waals surface area contributed by atoms with Crippen molar-refractivity contribution in [3.8, 4) is 0 Å². The van der Waals surface area contributed by atoms with E-state index in [2.05, 4.69) is 23.5 Å². The molecular formula is C15H21FN4. The largest absolute Gasteiger partial charge is 0.271 e. The standard InChI is InChI=1S/C15H21FN4/c1-4-20-13(8-11(3)19-20)9-15(18-17)12-5-6-14(16)10(2)7-12/h5-8,15,18H,4,9,17H2,1-3H3. The second-order valence-corrected chi connectivity index (χ2v) is 5.02. The van der Waals surface area contributed by atoms with E-state index in [1.165, 1.54) is 6.07 Å². The van der Waals surface area contributed by atoms with Gasteiger partial charge in [0.05, 0.1) is 11.7 Å². The van der Waals surface area contributed by atoms with Gasteiger partial charge in [-0.25, -0.2) is 4.39 Å². The fraction of sp³-hybridized carbons (Fsp3) is 0.400. The van der Waals surface area contributed by atoms with Crippen LogP contribution in [-0.4, -0.2) is 9.78 Å². The summed E-state index contributed by atoms with van der Waals surface area (Å²) >= 11 is 0. The van der Waals surface area contributed by atoms with Gasteiger partial charge in [-0.15, -0.1) is 0 Å². The highest BCUT2D eigenvalue weighted by atomic mass is 19.1. The first-order chi connectivity index (χ1) is 9.55. The first-order valence-electron chi connectivity index (χ1n) is 6.80. The van der Waals surface area contributed by atoms with Crippen LogP contribution in [0.4, 0.5) is 4.39 Å². The van der Waals surface area contributed by atoms with Crippen molar-refractivity contribution in [1.29, 1.82) is 0 Å². The molecule has 1 unspecified atom stereocenters. The number of benzene rings is 1. The summed E-state index contributed by atoms with van der Waals surface area (Å²) in [5.41, 5.74) is 6.53.